The zero-order chi connectivity index (χ0) is 11.5. The molecule has 1 N–H and O–H groups in total. The maximum Gasteiger partial charge on any atom is 0.0723 e. The summed E-state index contributed by atoms with van der Waals surface area (Å²) in [5.74, 6) is 0. The van der Waals surface area contributed by atoms with Crippen molar-refractivity contribution in [3.63, 3.8) is 0 Å². The summed E-state index contributed by atoms with van der Waals surface area (Å²) < 4.78 is 0. The smallest absolute Gasteiger partial charge is 0.0723 e. The van der Waals surface area contributed by atoms with Gasteiger partial charge < -0.3 is 5.43 Å². The van der Waals surface area contributed by atoms with E-state index in [1.165, 1.54) is 24.6 Å². The summed E-state index contributed by atoms with van der Waals surface area (Å²) in [6.45, 7) is 2.27. The van der Waals surface area contributed by atoms with Crippen LogP contribution in [-0.4, -0.2) is 23.1 Å². The van der Waals surface area contributed by atoms with Gasteiger partial charge in [-0.3, -0.25) is 4.98 Å². The van der Waals surface area contributed by atoms with Gasteiger partial charge in [0.1, 0.15) is 0 Å². The van der Waals surface area contributed by atoms with Gasteiger partial charge in [0, 0.05) is 24.7 Å². The molecule has 0 spiro atoms. The van der Waals surface area contributed by atoms with Crippen LogP contribution in [0.3, 0.4) is 0 Å². The SMILES string of the molecule is c1ccc2c(NN3CCCCC3)ccnc2c1. The van der Waals surface area contributed by atoms with Crippen LogP contribution in [0.4, 0.5) is 5.69 Å². The number of nitrogens with zero attached hydrogens (tertiary/aromatic N) is 2. The van der Waals surface area contributed by atoms with Crippen molar-refractivity contribution in [2.75, 3.05) is 18.5 Å². The molecule has 1 saturated heterocycles. The molecule has 0 saturated carbocycles. The Morgan fingerprint density at radius 3 is 2.71 bits per heavy atom. The van der Waals surface area contributed by atoms with Gasteiger partial charge >= 0.3 is 0 Å². The van der Waals surface area contributed by atoms with E-state index in [2.05, 4.69) is 39.7 Å². The van der Waals surface area contributed by atoms with Crippen LogP contribution < -0.4 is 5.43 Å². The van der Waals surface area contributed by atoms with Crippen molar-refractivity contribution in [3.05, 3.63) is 36.5 Å². The fourth-order valence-electron chi connectivity index (χ4n) is 2.37. The molecule has 0 bridgehead atoms. The molecule has 1 fully saturated rings. The zero-order valence-corrected chi connectivity index (χ0v) is 9.89. The summed E-state index contributed by atoms with van der Waals surface area (Å²) >= 11 is 0. The first-order valence-electron chi connectivity index (χ1n) is 6.29. The Kier molecular flexibility index (Phi) is 2.92. The Labute approximate surface area is 101 Å². The van der Waals surface area contributed by atoms with Crippen molar-refractivity contribution in [2.45, 2.75) is 19.3 Å². The molecule has 1 aromatic heterocycles. The Morgan fingerprint density at radius 1 is 1.00 bits per heavy atom. The molecule has 0 atom stereocenters. The normalized spacial score (nSPS) is 17.2. The van der Waals surface area contributed by atoms with Gasteiger partial charge in [-0.1, -0.05) is 24.6 Å². The van der Waals surface area contributed by atoms with Gasteiger partial charge in [-0.05, 0) is 25.0 Å². The second-order valence-corrected chi connectivity index (χ2v) is 4.54. The predicted octanol–water partition coefficient (Wildman–Crippen LogP) is 3.05. The Morgan fingerprint density at radius 2 is 1.82 bits per heavy atom. The number of hydrogen-bond acceptors (Lipinski definition) is 3. The topological polar surface area (TPSA) is 28.2 Å². The summed E-state index contributed by atoms with van der Waals surface area (Å²) in [6.07, 6.45) is 5.80. The van der Waals surface area contributed by atoms with E-state index in [9.17, 15) is 0 Å². The molecule has 2 heterocycles. The van der Waals surface area contributed by atoms with Crippen LogP contribution in [0.5, 0.6) is 0 Å². The minimum absolute atomic E-state index is 1.05. The molecule has 2 aromatic rings. The van der Waals surface area contributed by atoms with E-state index in [0.717, 1.165) is 24.3 Å². The zero-order valence-electron chi connectivity index (χ0n) is 9.89. The quantitative estimate of drug-likeness (QED) is 0.854. The van der Waals surface area contributed by atoms with Crippen molar-refractivity contribution >= 4 is 16.6 Å². The second-order valence-electron chi connectivity index (χ2n) is 4.54. The minimum atomic E-state index is 1.05. The summed E-state index contributed by atoms with van der Waals surface area (Å²) in [5.41, 5.74) is 5.73. The molecular formula is C14H17N3. The summed E-state index contributed by atoms with van der Waals surface area (Å²) in [4.78, 5) is 4.38. The van der Waals surface area contributed by atoms with Gasteiger partial charge in [0.05, 0.1) is 11.2 Å². The first-order chi connectivity index (χ1) is 8.43. The van der Waals surface area contributed by atoms with E-state index in [1.807, 2.05) is 12.3 Å². The highest BCUT2D eigenvalue weighted by atomic mass is 15.5. The lowest BCUT2D eigenvalue weighted by Gasteiger charge is -2.28. The maximum absolute atomic E-state index is 4.38. The maximum atomic E-state index is 4.38. The van der Waals surface area contributed by atoms with Crippen LogP contribution in [0, 0.1) is 0 Å². The van der Waals surface area contributed by atoms with Gasteiger partial charge in [-0.25, -0.2) is 5.01 Å². The molecule has 88 valence electrons. The third kappa shape index (κ3) is 2.24. The third-order valence-corrected chi connectivity index (χ3v) is 3.28. The number of pyridine rings is 1. The van der Waals surface area contributed by atoms with Crippen LogP contribution in [0.1, 0.15) is 19.3 Å². The molecule has 0 aliphatic carbocycles. The molecule has 3 heteroatoms. The van der Waals surface area contributed by atoms with E-state index >= 15 is 0 Å². The second kappa shape index (κ2) is 4.72. The summed E-state index contributed by atoms with van der Waals surface area (Å²) in [5, 5.41) is 3.51. The number of hydrogen-bond donors (Lipinski definition) is 1. The molecule has 3 nitrogen and oxygen atoms in total. The first kappa shape index (κ1) is 10.5. The van der Waals surface area contributed by atoms with Crippen molar-refractivity contribution in [3.8, 4) is 0 Å². The van der Waals surface area contributed by atoms with Crippen molar-refractivity contribution in [2.24, 2.45) is 0 Å². The number of hydrazine groups is 1. The highest BCUT2D eigenvalue weighted by Gasteiger charge is 2.10. The number of anilines is 1. The molecule has 1 aromatic carbocycles. The van der Waals surface area contributed by atoms with Gasteiger partial charge in [0.15, 0.2) is 0 Å². The number of nitrogens with one attached hydrogen (secondary N) is 1. The average Bonchev–Trinajstić information content (AvgIpc) is 2.40. The van der Waals surface area contributed by atoms with E-state index in [-0.39, 0.29) is 0 Å². The Balaban J connectivity index is 1.89. The fraction of sp³-hybridized carbons (Fsp3) is 0.357. The van der Waals surface area contributed by atoms with Crippen LogP contribution in [-0.2, 0) is 0 Å². The van der Waals surface area contributed by atoms with Crippen molar-refractivity contribution in [1.29, 1.82) is 0 Å². The lowest BCUT2D eigenvalue weighted by atomic mass is 10.1. The molecule has 1 aliphatic heterocycles. The molecule has 0 radical (unpaired) electrons. The highest BCUT2D eigenvalue weighted by Crippen LogP contribution is 2.22. The number of fused-ring (bicyclic) bond motifs is 1. The molecule has 0 unspecified atom stereocenters. The van der Waals surface area contributed by atoms with Crippen LogP contribution >= 0.6 is 0 Å². The number of benzene rings is 1. The molecule has 1 aliphatic rings. The van der Waals surface area contributed by atoms with Crippen LogP contribution in [0.15, 0.2) is 36.5 Å². The minimum Gasteiger partial charge on any atom is -0.318 e. The Hall–Kier alpha value is -1.61. The van der Waals surface area contributed by atoms with Crippen molar-refractivity contribution in [1.82, 2.24) is 9.99 Å². The number of para-hydroxylation sites is 1. The highest BCUT2D eigenvalue weighted by molar-refractivity contribution is 5.90. The average molecular weight is 227 g/mol. The largest absolute Gasteiger partial charge is 0.318 e. The molecule has 17 heavy (non-hydrogen) atoms. The standard InChI is InChI=1S/C14H17N3/c1-4-10-17(11-5-1)16-14-8-9-15-13-7-3-2-6-12(13)14/h2-3,6-9H,1,4-5,10-11H2,(H,15,16). The Bertz CT molecular complexity index is 498. The van der Waals surface area contributed by atoms with Crippen LogP contribution in [0.2, 0.25) is 0 Å². The van der Waals surface area contributed by atoms with E-state index in [0.29, 0.717) is 0 Å². The first-order valence-corrected chi connectivity index (χ1v) is 6.29. The fourth-order valence-corrected chi connectivity index (χ4v) is 2.37. The van der Waals surface area contributed by atoms with E-state index < -0.39 is 0 Å². The number of piperidine rings is 1. The van der Waals surface area contributed by atoms with Crippen molar-refractivity contribution < 1.29 is 0 Å². The van der Waals surface area contributed by atoms with E-state index in [1.54, 1.807) is 0 Å². The van der Waals surface area contributed by atoms with E-state index in [4.69, 9.17) is 0 Å². The number of rotatable bonds is 2. The van der Waals surface area contributed by atoms with Gasteiger partial charge in [0.2, 0.25) is 0 Å². The van der Waals surface area contributed by atoms with Crippen LogP contribution in [0.25, 0.3) is 10.9 Å². The molecule has 3 rings (SSSR count). The lowest BCUT2D eigenvalue weighted by Crippen LogP contribution is -2.34. The molecule has 0 amide bonds. The lowest BCUT2D eigenvalue weighted by molar-refractivity contribution is 0.273. The number of aromatic nitrogens is 1. The summed E-state index contributed by atoms with van der Waals surface area (Å²) in [6, 6.07) is 10.3. The predicted molar refractivity (Wildman–Crippen MR) is 70.8 cm³/mol. The third-order valence-electron chi connectivity index (χ3n) is 3.28. The summed E-state index contributed by atoms with van der Waals surface area (Å²) in [7, 11) is 0. The van der Waals surface area contributed by atoms with Gasteiger partial charge in [0.25, 0.3) is 0 Å². The monoisotopic (exact) mass is 227 g/mol. The van der Waals surface area contributed by atoms with Gasteiger partial charge in [-0.15, -0.1) is 0 Å². The van der Waals surface area contributed by atoms with Gasteiger partial charge in [-0.2, -0.15) is 0 Å². The molecular weight excluding hydrogens is 210 g/mol.